The Morgan fingerprint density at radius 3 is 2.50 bits per heavy atom. The number of nitriles is 1. The van der Waals surface area contributed by atoms with Gasteiger partial charge in [-0.2, -0.15) is 10.2 Å². The molecule has 0 saturated carbocycles. The average molecular weight is 325 g/mol. The SMILES string of the molecule is COc1nc(OC(F)(F)F)c(CC#N)cc1CBr. The van der Waals surface area contributed by atoms with Crippen molar-refractivity contribution in [1.82, 2.24) is 4.98 Å². The second-order valence-electron chi connectivity index (χ2n) is 3.14. The highest BCUT2D eigenvalue weighted by molar-refractivity contribution is 9.08. The lowest BCUT2D eigenvalue weighted by molar-refractivity contribution is -0.276. The zero-order valence-electron chi connectivity index (χ0n) is 9.21. The van der Waals surface area contributed by atoms with Gasteiger partial charge in [0.25, 0.3) is 0 Å². The van der Waals surface area contributed by atoms with E-state index in [1.807, 2.05) is 0 Å². The van der Waals surface area contributed by atoms with Crippen LogP contribution < -0.4 is 9.47 Å². The number of methoxy groups -OCH3 is 1. The minimum Gasteiger partial charge on any atom is -0.481 e. The van der Waals surface area contributed by atoms with Crippen molar-refractivity contribution < 1.29 is 22.6 Å². The monoisotopic (exact) mass is 324 g/mol. The Hall–Kier alpha value is -1.49. The van der Waals surface area contributed by atoms with E-state index in [4.69, 9.17) is 10.00 Å². The lowest BCUT2D eigenvalue weighted by Crippen LogP contribution is -2.19. The molecule has 98 valence electrons. The van der Waals surface area contributed by atoms with Crippen LogP contribution in [0.25, 0.3) is 0 Å². The predicted molar refractivity (Wildman–Crippen MR) is 59.4 cm³/mol. The van der Waals surface area contributed by atoms with Crippen molar-refractivity contribution in [2.75, 3.05) is 7.11 Å². The van der Waals surface area contributed by atoms with Gasteiger partial charge in [0.05, 0.1) is 19.6 Å². The average Bonchev–Trinajstić information content (AvgIpc) is 2.29. The zero-order chi connectivity index (χ0) is 13.8. The van der Waals surface area contributed by atoms with Crippen molar-refractivity contribution in [1.29, 1.82) is 5.26 Å². The fourth-order valence-electron chi connectivity index (χ4n) is 1.25. The molecular formula is C10H8BrF3N2O2. The third kappa shape index (κ3) is 3.77. The van der Waals surface area contributed by atoms with Gasteiger partial charge in [-0.3, -0.25) is 0 Å². The minimum absolute atomic E-state index is 0.0211. The first-order valence-electron chi connectivity index (χ1n) is 4.66. The molecule has 0 aliphatic rings. The highest BCUT2D eigenvalue weighted by Gasteiger charge is 2.33. The fraction of sp³-hybridized carbons (Fsp3) is 0.400. The first-order valence-corrected chi connectivity index (χ1v) is 5.79. The highest BCUT2D eigenvalue weighted by atomic mass is 79.9. The second kappa shape index (κ2) is 5.91. The summed E-state index contributed by atoms with van der Waals surface area (Å²) in [6, 6.07) is 3.15. The molecule has 0 aromatic carbocycles. The van der Waals surface area contributed by atoms with Crippen molar-refractivity contribution in [3.8, 4) is 17.8 Å². The molecule has 0 radical (unpaired) electrons. The minimum atomic E-state index is -4.86. The molecule has 0 aliphatic heterocycles. The number of hydrogen-bond acceptors (Lipinski definition) is 4. The van der Waals surface area contributed by atoms with Crippen molar-refractivity contribution in [2.24, 2.45) is 0 Å². The van der Waals surface area contributed by atoms with Gasteiger partial charge in [0.2, 0.25) is 11.8 Å². The molecule has 1 heterocycles. The third-order valence-electron chi connectivity index (χ3n) is 1.92. The van der Waals surface area contributed by atoms with Crippen LogP contribution in [0.5, 0.6) is 11.8 Å². The number of alkyl halides is 4. The number of halogens is 4. The first kappa shape index (κ1) is 14.6. The third-order valence-corrected chi connectivity index (χ3v) is 2.52. The van der Waals surface area contributed by atoms with Crippen molar-refractivity contribution >= 4 is 15.9 Å². The lowest BCUT2D eigenvalue weighted by atomic mass is 10.1. The van der Waals surface area contributed by atoms with Crippen LogP contribution in [-0.4, -0.2) is 18.5 Å². The summed E-state index contributed by atoms with van der Waals surface area (Å²) < 4.78 is 45.2. The number of hydrogen-bond donors (Lipinski definition) is 0. The lowest BCUT2D eigenvalue weighted by Gasteiger charge is -2.14. The van der Waals surface area contributed by atoms with Crippen molar-refractivity contribution in [2.45, 2.75) is 18.1 Å². The Kier molecular flexibility index (Phi) is 4.78. The number of aromatic nitrogens is 1. The molecule has 4 nitrogen and oxygen atoms in total. The van der Waals surface area contributed by atoms with E-state index >= 15 is 0 Å². The molecule has 0 unspecified atom stereocenters. The van der Waals surface area contributed by atoms with Crippen LogP contribution in [0.3, 0.4) is 0 Å². The summed E-state index contributed by atoms with van der Waals surface area (Å²) in [6.07, 6.45) is -5.10. The molecule has 0 saturated heterocycles. The Balaban J connectivity index is 3.25. The molecule has 18 heavy (non-hydrogen) atoms. The molecule has 0 atom stereocenters. The van der Waals surface area contributed by atoms with Crippen LogP contribution in [0.15, 0.2) is 6.07 Å². The van der Waals surface area contributed by atoms with E-state index in [1.165, 1.54) is 13.2 Å². The smallest absolute Gasteiger partial charge is 0.481 e. The van der Waals surface area contributed by atoms with Crippen LogP contribution >= 0.6 is 15.9 Å². The summed E-state index contributed by atoms with van der Waals surface area (Å²) >= 11 is 3.15. The van der Waals surface area contributed by atoms with E-state index in [9.17, 15) is 13.2 Å². The summed E-state index contributed by atoms with van der Waals surface area (Å²) in [4.78, 5) is 3.62. The Labute approximate surface area is 109 Å². The molecule has 8 heteroatoms. The van der Waals surface area contributed by atoms with Gasteiger partial charge in [0, 0.05) is 16.5 Å². The van der Waals surface area contributed by atoms with Gasteiger partial charge in [-0.25, -0.2) is 0 Å². The van der Waals surface area contributed by atoms with E-state index < -0.39 is 12.2 Å². The van der Waals surface area contributed by atoms with E-state index in [2.05, 4.69) is 25.7 Å². The Morgan fingerprint density at radius 2 is 2.06 bits per heavy atom. The number of nitrogens with zero attached hydrogens (tertiary/aromatic N) is 2. The molecule has 0 aliphatic carbocycles. The molecule has 0 spiro atoms. The summed E-state index contributed by atoms with van der Waals surface area (Å²) in [5.74, 6) is -0.640. The number of rotatable bonds is 4. The van der Waals surface area contributed by atoms with Gasteiger partial charge in [0.15, 0.2) is 0 Å². The zero-order valence-corrected chi connectivity index (χ0v) is 10.8. The van der Waals surface area contributed by atoms with E-state index in [0.717, 1.165) is 0 Å². The number of ether oxygens (including phenoxy) is 2. The fourth-order valence-corrected chi connectivity index (χ4v) is 1.65. The van der Waals surface area contributed by atoms with Crippen LogP contribution in [0.1, 0.15) is 11.1 Å². The number of pyridine rings is 1. The van der Waals surface area contributed by atoms with E-state index in [0.29, 0.717) is 10.9 Å². The van der Waals surface area contributed by atoms with Crippen LogP contribution in [-0.2, 0) is 11.8 Å². The second-order valence-corrected chi connectivity index (χ2v) is 3.70. The van der Waals surface area contributed by atoms with Gasteiger partial charge in [-0.1, -0.05) is 15.9 Å². The molecule has 1 rings (SSSR count). The van der Waals surface area contributed by atoms with E-state index in [1.54, 1.807) is 6.07 Å². The molecule has 0 N–H and O–H groups in total. The molecular weight excluding hydrogens is 317 g/mol. The van der Waals surface area contributed by atoms with Gasteiger partial charge < -0.3 is 9.47 Å². The molecule has 0 amide bonds. The van der Waals surface area contributed by atoms with E-state index in [-0.39, 0.29) is 17.9 Å². The van der Waals surface area contributed by atoms with Crippen molar-refractivity contribution in [3.63, 3.8) is 0 Å². The summed E-state index contributed by atoms with van der Waals surface area (Å²) in [6.45, 7) is 0. The summed E-state index contributed by atoms with van der Waals surface area (Å²) in [7, 11) is 1.29. The maximum atomic E-state index is 12.2. The van der Waals surface area contributed by atoms with Gasteiger partial charge in [-0.15, -0.1) is 13.2 Å². The van der Waals surface area contributed by atoms with Crippen molar-refractivity contribution in [3.05, 3.63) is 17.2 Å². The highest BCUT2D eigenvalue weighted by Crippen LogP contribution is 2.30. The normalized spacial score (nSPS) is 10.9. The van der Waals surface area contributed by atoms with Gasteiger partial charge in [-0.05, 0) is 6.07 Å². The summed E-state index contributed by atoms with van der Waals surface area (Å²) in [5.41, 5.74) is 0.599. The molecule has 1 aromatic rings. The maximum absolute atomic E-state index is 12.2. The topological polar surface area (TPSA) is 55.1 Å². The van der Waals surface area contributed by atoms with Gasteiger partial charge >= 0.3 is 6.36 Å². The van der Waals surface area contributed by atoms with Crippen LogP contribution in [0.2, 0.25) is 0 Å². The molecule has 0 fully saturated rings. The Bertz CT molecular complexity index is 471. The van der Waals surface area contributed by atoms with Crippen LogP contribution in [0, 0.1) is 11.3 Å². The largest absolute Gasteiger partial charge is 0.574 e. The Morgan fingerprint density at radius 1 is 1.39 bits per heavy atom. The standard InChI is InChI=1S/C10H8BrF3N2O2/c1-17-8-7(5-11)4-6(2-3-15)9(16-8)18-10(12,13)14/h4H,2,5H2,1H3. The van der Waals surface area contributed by atoms with Crippen LogP contribution in [0.4, 0.5) is 13.2 Å². The predicted octanol–water partition coefficient (Wildman–Crippen LogP) is 2.95. The molecule has 0 bridgehead atoms. The quantitative estimate of drug-likeness (QED) is 0.799. The van der Waals surface area contributed by atoms with Gasteiger partial charge in [0.1, 0.15) is 0 Å². The first-order chi connectivity index (χ1) is 8.41. The molecule has 1 aromatic heterocycles. The maximum Gasteiger partial charge on any atom is 0.574 e. The summed E-state index contributed by atoms with van der Waals surface area (Å²) in [5, 5.41) is 8.92.